The first kappa shape index (κ1) is 26.8. The molecule has 0 spiro atoms. The normalized spacial score (nSPS) is 11.2. The standard InChI is InChI=1S/C38H23N2O2.Pt/c41-33-22-9-8-18-30(33)37-31-20-10-19-28-26-15-5-4-14-25(26)27-16-6-7-17-29(27)36(35(28)31)38(40-37)42-34-23-11-21-32(39-34)24-12-2-1-3-13-24;/h1-12,14-23,41H;/q-1;. The Kier molecular flexibility index (Phi) is 6.85. The Hall–Kier alpha value is -5.05. The third-order valence-corrected chi connectivity index (χ3v) is 7.77. The number of ether oxygens (including phenoxy) is 1. The zero-order valence-corrected chi connectivity index (χ0v) is 25.0. The first-order valence-electron chi connectivity index (χ1n) is 13.8. The van der Waals surface area contributed by atoms with Crippen LogP contribution in [-0.2, 0) is 21.1 Å². The number of phenols is 1. The quantitative estimate of drug-likeness (QED) is 0.183. The predicted octanol–water partition coefficient (Wildman–Crippen LogP) is 9.57. The second-order valence-electron chi connectivity index (χ2n) is 10.2. The fourth-order valence-corrected chi connectivity index (χ4v) is 5.93. The van der Waals surface area contributed by atoms with E-state index < -0.39 is 0 Å². The van der Waals surface area contributed by atoms with Crippen LogP contribution in [0.3, 0.4) is 0 Å². The van der Waals surface area contributed by atoms with Gasteiger partial charge < -0.3 is 9.84 Å². The van der Waals surface area contributed by atoms with Gasteiger partial charge in [-0.15, -0.1) is 35.9 Å². The summed E-state index contributed by atoms with van der Waals surface area (Å²) in [5.41, 5.74) is 9.31. The van der Waals surface area contributed by atoms with Crippen LogP contribution in [0.5, 0.6) is 17.5 Å². The molecule has 2 heterocycles. The van der Waals surface area contributed by atoms with Gasteiger partial charge in [0.2, 0.25) is 11.8 Å². The average molecular weight is 735 g/mol. The van der Waals surface area contributed by atoms with E-state index in [0.29, 0.717) is 23.0 Å². The zero-order chi connectivity index (χ0) is 28.0. The van der Waals surface area contributed by atoms with Gasteiger partial charge in [-0.2, -0.15) is 0 Å². The van der Waals surface area contributed by atoms with E-state index >= 15 is 0 Å². The van der Waals surface area contributed by atoms with E-state index in [0.717, 1.165) is 55.4 Å². The minimum absolute atomic E-state index is 0. The molecule has 2 aromatic heterocycles. The van der Waals surface area contributed by atoms with Gasteiger partial charge in [-0.3, -0.25) is 4.98 Å². The fourth-order valence-electron chi connectivity index (χ4n) is 5.93. The van der Waals surface area contributed by atoms with Crippen molar-refractivity contribution in [3.63, 3.8) is 0 Å². The van der Waals surface area contributed by atoms with Crippen molar-refractivity contribution >= 4 is 10.8 Å². The molecule has 0 fully saturated rings. The third-order valence-electron chi connectivity index (χ3n) is 7.77. The summed E-state index contributed by atoms with van der Waals surface area (Å²) in [6.07, 6.45) is 0. The summed E-state index contributed by atoms with van der Waals surface area (Å²) in [5, 5.41) is 12.9. The second kappa shape index (κ2) is 11.0. The summed E-state index contributed by atoms with van der Waals surface area (Å²) in [6, 6.07) is 47.1. The first-order chi connectivity index (χ1) is 20.8. The number of rotatable bonds is 4. The smallest absolute Gasteiger partial charge is 0.230 e. The Bertz CT molecular complexity index is 2140. The van der Waals surface area contributed by atoms with E-state index in [2.05, 4.69) is 66.7 Å². The monoisotopic (exact) mass is 734 g/mol. The summed E-state index contributed by atoms with van der Waals surface area (Å²) in [6.45, 7) is 0. The number of phenolic OH excluding ortho intramolecular Hbond substituents is 1. The molecular weight excluding hydrogens is 712 g/mol. The van der Waals surface area contributed by atoms with Crippen molar-refractivity contribution in [2.75, 3.05) is 0 Å². The van der Waals surface area contributed by atoms with Crippen molar-refractivity contribution in [1.29, 1.82) is 0 Å². The number of aromatic nitrogens is 2. The molecule has 0 radical (unpaired) electrons. The number of hydrogen-bond donors (Lipinski definition) is 1. The number of aromatic hydroxyl groups is 1. The van der Waals surface area contributed by atoms with Gasteiger partial charge in [-0.25, -0.2) is 4.98 Å². The van der Waals surface area contributed by atoms with E-state index in [1.54, 1.807) is 6.07 Å². The number of hydrogen-bond acceptors (Lipinski definition) is 4. The Morgan fingerprint density at radius 2 is 1.19 bits per heavy atom. The average Bonchev–Trinajstić information content (AvgIpc) is 3.17. The molecule has 0 unspecified atom stereocenters. The number of nitrogens with zero attached hydrogens (tertiary/aromatic N) is 2. The Morgan fingerprint density at radius 1 is 0.558 bits per heavy atom. The molecule has 4 nitrogen and oxygen atoms in total. The van der Waals surface area contributed by atoms with Crippen LogP contribution < -0.4 is 4.74 Å². The molecule has 0 amide bonds. The molecule has 0 saturated heterocycles. The maximum atomic E-state index is 11.0. The van der Waals surface area contributed by atoms with Crippen molar-refractivity contribution in [2.24, 2.45) is 0 Å². The third kappa shape index (κ3) is 4.52. The van der Waals surface area contributed by atoms with Crippen LogP contribution in [0, 0.1) is 6.07 Å². The van der Waals surface area contributed by atoms with Crippen molar-refractivity contribution in [3.05, 3.63) is 140 Å². The molecular formula is C38H23N2O2Pt-. The molecule has 8 rings (SSSR count). The van der Waals surface area contributed by atoms with Crippen LogP contribution in [0.4, 0.5) is 0 Å². The van der Waals surface area contributed by atoms with Crippen LogP contribution in [0.1, 0.15) is 0 Å². The first-order valence-corrected chi connectivity index (χ1v) is 13.8. The Labute approximate surface area is 263 Å². The van der Waals surface area contributed by atoms with Gasteiger partial charge in [0, 0.05) is 37.4 Å². The summed E-state index contributed by atoms with van der Waals surface area (Å²) >= 11 is 0. The van der Waals surface area contributed by atoms with Gasteiger partial charge in [-0.1, -0.05) is 91.0 Å². The van der Waals surface area contributed by atoms with Crippen LogP contribution in [0.2, 0.25) is 0 Å². The predicted molar refractivity (Wildman–Crippen MR) is 167 cm³/mol. The van der Waals surface area contributed by atoms with Crippen LogP contribution in [0.15, 0.2) is 133 Å². The fraction of sp³-hybridized carbons (Fsp3) is 0. The Morgan fingerprint density at radius 3 is 1.93 bits per heavy atom. The molecule has 7 aromatic rings. The summed E-state index contributed by atoms with van der Waals surface area (Å²) < 4.78 is 6.66. The molecule has 1 aliphatic rings. The van der Waals surface area contributed by atoms with Crippen molar-refractivity contribution < 1.29 is 30.9 Å². The van der Waals surface area contributed by atoms with E-state index in [9.17, 15) is 5.11 Å². The molecule has 43 heavy (non-hydrogen) atoms. The summed E-state index contributed by atoms with van der Waals surface area (Å²) in [7, 11) is 0. The van der Waals surface area contributed by atoms with E-state index in [4.69, 9.17) is 14.7 Å². The summed E-state index contributed by atoms with van der Waals surface area (Å²) in [5.74, 6) is 1.01. The van der Waals surface area contributed by atoms with Crippen molar-refractivity contribution in [3.8, 4) is 73.4 Å². The van der Waals surface area contributed by atoms with Gasteiger partial charge in [0.15, 0.2) is 0 Å². The Balaban J connectivity index is 0.00000300. The number of benzene rings is 5. The van der Waals surface area contributed by atoms with Crippen LogP contribution in [-0.4, -0.2) is 15.1 Å². The molecule has 5 aromatic carbocycles. The van der Waals surface area contributed by atoms with Gasteiger partial charge in [0.1, 0.15) is 5.75 Å². The number of fused-ring (bicyclic) bond motifs is 5. The molecule has 1 N–H and O–H groups in total. The molecule has 5 heteroatoms. The van der Waals surface area contributed by atoms with Crippen LogP contribution in [0.25, 0.3) is 66.7 Å². The van der Waals surface area contributed by atoms with Gasteiger partial charge in [-0.05, 0) is 51.7 Å². The second-order valence-corrected chi connectivity index (χ2v) is 10.2. The van der Waals surface area contributed by atoms with E-state index in [-0.39, 0.29) is 26.8 Å². The molecule has 208 valence electrons. The topological polar surface area (TPSA) is 55.2 Å². The molecule has 0 atom stereocenters. The molecule has 0 aliphatic heterocycles. The van der Waals surface area contributed by atoms with E-state index in [1.165, 1.54) is 0 Å². The van der Waals surface area contributed by atoms with Gasteiger partial charge in [0.05, 0.1) is 11.3 Å². The van der Waals surface area contributed by atoms with E-state index in [1.807, 2.05) is 66.7 Å². The minimum Gasteiger partial charge on any atom is -0.507 e. The maximum absolute atomic E-state index is 11.0. The van der Waals surface area contributed by atoms with Crippen molar-refractivity contribution in [2.45, 2.75) is 0 Å². The van der Waals surface area contributed by atoms with Crippen LogP contribution >= 0.6 is 0 Å². The zero-order valence-electron chi connectivity index (χ0n) is 22.8. The van der Waals surface area contributed by atoms with Gasteiger partial charge in [0.25, 0.3) is 0 Å². The molecule has 1 aliphatic carbocycles. The molecule has 0 saturated carbocycles. The molecule has 0 bridgehead atoms. The summed E-state index contributed by atoms with van der Waals surface area (Å²) in [4.78, 5) is 9.98. The minimum atomic E-state index is 0. The van der Waals surface area contributed by atoms with Gasteiger partial charge >= 0.3 is 0 Å². The maximum Gasteiger partial charge on any atom is 0.230 e. The number of para-hydroxylation sites is 1. The largest absolute Gasteiger partial charge is 0.507 e. The SMILES string of the molecule is Oc1ccccc1-c1nc(Oc2cccc(-c3[c-]cccc3)n2)c2c3c(cccc13)-c1ccccc1-c1ccccc1-2.[Pt]. The number of pyridine rings is 2. The van der Waals surface area contributed by atoms with Crippen molar-refractivity contribution in [1.82, 2.24) is 9.97 Å².